The van der Waals surface area contributed by atoms with Crippen molar-refractivity contribution in [1.82, 2.24) is 0 Å². The fourth-order valence-electron chi connectivity index (χ4n) is 3.30. The average Bonchev–Trinajstić information content (AvgIpc) is 3.76. The second kappa shape index (κ2) is 9.41. The van der Waals surface area contributed by atoms with E-state index in [0.717, 1.165) is 41.0 Å². The molecule has 166 valence electrons. The first-order chi connectivity index (χ1) is 16.5. The molecule has 5 rings (SSSR count). The van der Waals surface area contributed by atoms with E-state index in [-0.39, 0.29) is 12.2 Å². The van der Waals surface area contributed by atoms with E-state index in [1.54, 1.807) is 13.0 Å². The topological polar surface area (TPSA) is 51.4 Å². The maximum absolute atomic E-state index is 12.2. The molecule has 34 heavy (non-hydrogen) atoms. The number of carbonyl (C=O) groups is 1. The molecule has 2 heterocycles. The molecule has 0 bridgehead atoms. The van der Waals surface area contributed by atoms with Gasteiger partial charge in [0.05, 0.1) is 18.8 Å². The van der Waals surface area contributed by atoms with Crippen LogP contribution in [0.2, 0.25) is 0 Å². The summed E-state index contributed by atoms with van der Waals surface area (Å²) in [6.07, 6.45) is 0.445. The van der Waals surface area contributed by atoms with Gasteiger partial charge in [-0.3, -0.25) is 0 Å². The van der Waals surface area contributed by atoms with Gasteiger partial charge in [0.1, 0.15) is 18.0 Å². The quantitative estimate of drug-likeness (QED) is 0.184. The van der Waals surface area contributed by atoms with Crippen LogP contribution in [0, 0.1) is 23.7 Å². The van der Waals surface area contributed by atoms with Gasteiger partial charge in [0.25, 0.3) is 0 Å². The zero-order valence-electron chi connectivity index (χ0n) is 18.8. The Balaban J connectivity index is 1.39. The summed E-state index contributed by atoms with van der Waals surface area (Å²) in [4.78, 5) is 12.2. The summed E-state index contributed by atoms with van der Waals surface area (Å²) in [5, 5.41) is 0. The second-order valence-corrected chi connectivity index (χ2v) is 8.27. The number of esters is 1. The van der Waals surface area contributed by atoms with E-state index >= 15 is 0 Å². The highest BCUT2D eigenvalue weighted by Crippen LogP contribution is 2.30. The standard InChI is InChI=1S/C30H22O4/c1-20(2)30(31)34-27-17-23(4-3-21-6-12-25(13-7-21)28-18-32-28)10-16-24(27)11-5-22-8-14-26(15-9-22)29-19-33-29/h6-10,12-17,28-29H,1,18-19H2,2H3. The summed E-state index contributed by atoms with van der Waals surface area (Å²) in [5.74, 6) is 12.4. The molecule has 0 N–H and O–H groups in total. The third-order valence-electron chi connectivity index (χ3n) is 5.46. The van der Waals surface area contributed by atoms with Crippen molar-refractivity contribution in [2.75, 3.05) is 13.2 Å². The number of hydrogen-bond acceptors (Lipinski definition) is 4. The molecule has 2 aliphatic rings. The minimum absolute atomic E-state index is 0.217. The lowest BCUT2D eigenvalue weighted by molar-refractivity contribution is -0.130. The number of benzene rings is 3. The highest BCUT2D eigenvalue weighted by molar-refractivity contribution is 5.89. The van der Waals surface area contributed by atoms with E-state index in [1.807, 2.05) is 60.7 Å². The normalized spacial score (nSPS) is 17.4. The van der Waals surface area contributed by atoms with Gasteiger partial charge >= 0.3 is 5.97 Å². The van der Waals surface area contributed by atoms with Crippen LogP contribution in [-0.2, 0) is 14.3 Å². The SMILES string of the molecule is C=C(C)C(=O)Oc1cc(C#Cc2ccc(C3CO3)cc2)ccc1C#Cc1ccc(C2CO2)cc1. The Kier molecular flexibility index (Phi) is 6.02. The molecule has 3 aromatic rings. The van der Waals surface area contributed by atoms with Gasteiger partial charge in [-0.15, -0.1) is 0 Å². The number of carbonyl (C=O) groups excluding carboxylic acids is 1. The predicted octanol–water partition coefficient (Wildman–Crippen LogP) is 5.11. The van der Waals surface area contributed by atoms with E-state index in [0.29, 0.717) is 16.9 Å². The number of epoxide rings is 2. The molecule has 2 fully saturated rings. The van der Waals surface area contributed by atoms with Crippen LogP contribution in [0.5, 0.6) is 5.75 Å². The second-order valence-electron chi connectivity index (χ2n) is 8.27. The van der Waals surface area contributed by atoms with Gasteiger partial charge in [0, 0.05) is 22.3 Å². The maximum Gasteiger partial charge on any atom is 0.338 e. The fourth-order valence-corrected chi connectivity index (χ4v) is 3.30. The monoisotopic (exact) mass is 446 g/mol. The van der Waals surface area contributed by atoms with Gasteiger partial charge in [-0.2, -0.15) is 0 Å². The van der Waals surface area contributed by atoms with E-state index in [1.165, 1.54) is 0 Å². The molecule has 0 amide bonds. The molecule has 0 radical (unpaired) electrons. The van der Waals surface area contributed by atoms with Crippen LogP contribution < -0.4 is 4.74 Å². The predicted molar refractivity (Wildman–Crippen MR) is 129 cm³/mol. The third-order valence-corrected chi connectivity index (χ3v) is 5.46. The van der Waals surface area contributed by atoms with E-state index in [9.17, 15) is 4.79 Å². The van der Waals surface area contributed by atoms with E-state index in [4.69, 9.17) is 14.2 Å². The Morgan fingerprint density at radius 1 is 0.794 bits per heavy atom. The molecule has 2 aliphatic heterocycles. The summed E-state index contributed by atoms with van der Waals surface area (Å²) < 4.78 is 16.2. The van der Waals surface area contributed by atoms with Crippen LogP contribution in [-0.4, -0.2) is 19.2 Å². The summed E-state index contributed by atoms with van der Waals surface area (Å²) in [6, 6.07) is 21.4. The third kappa shape index (κ3) is 5.45. The molecule has 0 spiro atoms. The van der Waals surface area contributed by atoms with Crippen molar-refractivity contribution in [3.8, 4) is 29.4 Å². The summed E-state index contributed by atoms with van der Waals surface area (Å²) >= 11 is 0. The number of ether oxygens (including phenoxy) is 3. The molecule has 2 atom stereocenters. The Morgan fingerprint density at radius 2 is 1.26 bits per heavy atom. The van der Waals surface area contributed by atoms with Crippen LogP contribution in [0.25, 0.3) is 0 Å². The molecule has 4 heteroatoms. The molecule has 0 aliphatic carbocycles. The number of rotatable bonds is 4. The van der Waals surface area contributed by atoms with Gasteiger partial charge in [-0.25, -0.2) is 4.79 Å². The Hall–Kier alpha value is -4.09. The molecule has 3 aromatic carbocycles. The van der Waals surface area contributed by atoms with Gasteiger partial charge < -0.3 is 14.2 Å². The highest BCUT2D eigenvalue weighted by atomic mass is 16.6. The van der Waals surface area contributed by atoms with Crippen molar-refractivity contribution in [2.24, 2.45) is 0 Å². The van der Waals surface area contributed by atoms with Crippen molar-refractivity contribution < 1.29 is 19.0 Å². The Bertz CT molecular complexity index is 1370. The lowest BCUT2D eigenvalue weighted by Gasteiger charge is -2.07. The largest absolute Gasteiger partial charge is 0.422 e. The lowest BCUT2D eigenvalue weighted by atomic mass is 10.1. The van der Waals surface area contributed by atoms with Crippen molar-refractivity contribution in [3.63, 3.8) is 0 Å². The minimum Gasteiger partial charge on any atom is -0.422 e. The molecular weight excluding hydrogens is 424 g/mol. The van der Waals surface area contributed by atoms with Crippen molar-refractivity contribution in [3.05, 3.63) is 112 Å². The average molecular weight is 447 g/mol. The summed E-state index contributed by atoms with van der Waals surface area (Å²) in [7, 11) is 0. The van der Waals surface area contributed by atoms with Crippen molar-refractivity contribution in [1.29, 1.82) is 0 Å². The van der Waals surface area contributed by atoms with Gasteiger partial charge in [0.2, 0.25) is 0 Å². The molecule has 4 nitrogen and oxygen atoms in total. The van der Waals surface area contributed by atoms with Crippen LogP contribution >= 0.6 is 0 Å². The zero-order valence-corrected chi connectivity index (χ0v) is 18.8. The first kappa shape index (κ1) is 21.7. The summed E-state index contributed by atoms with van der Waals surface area (Å²) in [6.45, 7) is 6.84. The smallest absolute Gasteiger partial charge is 0.338 e. The molecule has 0 aromatic heterocycles. The maximum atomic E-state index is 12.2. The zero-order chi connectivity index (χ0) is 23.5. The number of hydrogen-bond donors (Lipinski definition) is 0. The molecule has 0 saturated carbocycles. The van der Waals surface area contributed by atoms with E-state index < -0.39 is 5.97 Å². The van der Waals surface area contributed by atoms with Crippen molar-refractivity contribution in [2.45, 2.75) is 19.1 Å². The van der Waals surface area contributed by atoms with Crippen LogP contribution in [0.15, 0.2) is 78.9 Å². The highest BCUT2D eigenvalue weighted by Gasteiger charge is 2.24. The molecular formula is C30H22O4. The van der Waals surface area contributed by atoms with Crippen LogP contribution in [0.3, 0.4) is 0 Å². The molecule has 2 saturated heterocycles. The molecule has 2 unspecified atom stereocenters. The van der Waals surface area contributed by atoms with Gasteiger partial charge in [-0.05, 0) is 60.5 Å². The van der Waals surface area contributed by atoms with Crippen LogP contribution in [0.1, 0.15) is 52.5 Å². The first-order valence-corrected chi connectivity index (χ1v) is 11.0. The van der Waals surface area contributed by atoms with E-state index in [2.05, 4.69) is 30.3 Å². The van der Waals surface area contributed by atoms with Crippen LogP contribution in [0.4, 0.5) is 0 Å². The summed E-state index contributed by atoms with van der Waals surface area (Å²) in [5.41, 5.74) is 5.72. The minimum atomic E-state index is -0.500. The lowest BCUT2D eigenvalue weighted by Crippen LogP contribution is -2.09. The Morgan fingerprint density at radius 3 is 1.76 bits per heavy atom. The van der Waals surface area contributed by atoms with Gasteiger partial charge in [-0.1, -0.05) is 54.5 Å². The van der Waals surface area contributed by atoms with Crippen molar-refractivity contribution >= 4 is 5.97 Å². The first-order valence-electron chi connectivity index (χ1n) is 11.0. The Labute approximate surface area is 199 Å². The fraction of sp³-hybridized carbons (Fsp3) is 0.167. The van der Waals surface area contributed by atoms with Gasteiger partial charge in [0.15, 0.2) is 0 Å².